The summed E-state index contributed by atoms with van der Waals surface area (Å²) in [6, 6.07) is 9.87. The molecule has 0 aliphatic carbocycles. The smallest absolute Gasteiger partial charge is 0.276 e. The SMILES string of the molecule is COc1ccc(C(=O)/C=C/c2ccccc2[N+](=O)[O-])cc1F. The summed E-state index contributed by atoms with van der Waals surface area (Å²) in [5.41, 5.74) is 0.329. The average Bonchev–Trinajstić information content (AvgIpc) is 2.52. The highest BCUT2D eigenvalue weighted by Gasteiger charge is 2.11. The Balaban J connectivity index is 2.25. The highest BCUT2D eigenvalue weighted by atomic mass is 19.1. The van der Waals surface area contributed by atoms with E-state index in [0.29, 0.717) is 5.56 Å². The molecule has 0 radical (unpaired) electrons. The van der Waals surface area contributed by atoms with Gasteiger partial charge >= 0.3 is 0 Å². The van der Waals surface area contributed by atoms with E-state index in [0.717, 1.165) is 6.07 Å². The van der Waals surface area contributed by atoms with E-state index in [-0.39, 0.29) is 17.0 Å². The fourth-order valence-electron chi connectivity index (χ4n) is 1.88. The third-order valence-corrected chi connectivity index (χ3v) is 2.98. The predicted octanol–water partition coefficient (Wildman–Crippen LogP) is 3.64. The van der Waals surface area contributed by atoms with Gasteiger partial charge in [-0.25, -0.2) is 4.39 Å². The molecular weight excluding hydrogens is 289 g/mol. The zero-order valence-electron chi connectivity index (χ0n) is 11.7. The Morgan fingerprint density at radius 3 is 2.64 bits per heavy atom. The number of nitro groups is 1. The molecule has 0 aromatic heterocycles. The number of allylic oxidation sites excluding steroid dienone is 1. The second-order valence-corrected chi connectivity index (χ2v) is 4.36. The summed E-state index contributed by atoms with van der Waals surface area (Å²) in [6.07, 6.45) is 2.51. The minimum atomic E-state index is -0.646. The van der Waals surface area contributed by atoms with Gasteiger partial charge in [-0.1, -0.05) is 12.1 Å². The zero-order chi connectivity index (χ0) is 16.1. The minimum Gasteiger partial charge on any atom is -0.494 e. The van der Waals surface area contributed by atoms with Crippen molar-refractivity contribution in [3.05, 3.63) is 75.6 Å². The molecule has 0 aliphatic rings. The standard InChI is InChI=1S/C16H12FNO4/c1-22-16-9-7-12(10-13(16)17)15(19)8-6-11-4-2-3-5-14(11)18(20)21/h2-10H,1H3/b8-6+. The molecule has 0 spiro atoms. The van der Waals surface area contributed by atoms with E-state index >= 15 is 0 Å². The van der Waals surface area contributed by atoms with Crippen LogP contribution in [0.4, 0.5) is 10.1 Å². The molecule has 0 atom stereocenters. The molecular formula is C16H12FNO4. The van der Waals surface area contributed by atoms with E-state index in [1.54, 1.807) is 6.07 Å². The lowest BCUT2D eigenvalue weighted by molar-refractivity contribution is -0.385. The van der Waals surface area contributed by atoms with Gasteiger partial charge in [-0.15, -0.1) is 0 Å². The molecule has 0 bridgehead atoms. The molecule has 6 heteroatoms. The third-order valence-electron chi connectivity index (χ3n) is 2.98. The number of nitrogens with zero attached hydrogens (tertiary/aromatic N) is 1. The number of methoxy groups -OCH3 is 1. The fourth-order valence-corrected chi connectivity index (χ4v) is 1.88. The summed E-state index contributed by atoms with van der Waals surface area (Å²) in [5.74, 6) is -1.06. The fraction of sp³-hybridized carbons (Fsp3) is 0.0625. The Morgan fingerprint density at radius 1 is 1.27 bits per heavy atom. The van der Waals surface area contributed by atoms with Crippen LogP contribution in [0.1, 0.15) is 15.9 Å². The van der Waals surface area contributed by atoms with Crippen LogP contribution in [0.2, 0.25) is 0 Å². The maximum Gasteiger partial charge on any atom is 0.276 e. The summed E-state index contributed by atoms with van der Waals surface area (Å²) in [7, 11) is 1.33. The molecule has 0 unspecified atom stereocenters. The largest absolute Gasteiger partial charge is 0.494 e. The molecule has 5 nitrogen and oxygen atoms in total. The molecule has 2 aromatic rings. The minimum absolute atomic E-state index is 0.0410. The maximum atomic E-state index is 13.6. The molecule has 0 saturated heterocycles. The van der Waals surface area contributed by atoms with Gasteiger partial charge in [0, 0.05) is 11.6 Å². The van der Waals surface area contributed by atoms with E-state index in [1.165, 1.54) is 49.6 Å². The molecule has 0 amide bonds. The van der Waals surface area contributed by atoms with Gasteiger partial charge in [0.2, 0.25) is 0 Å². The van der Waals surface area contributed by atoms with Crippen molar-refractivity contribution in [3.63, 3.8) is 0 Å². The van der Waals surface area contributed by atoms with Crippen molar-refractivity contribution < 1.29 is 18.8 Å². The number of benzene rings is 2. The highest BCUT2D eigenvalue weighted by Crippen LogP contribution is 2.21. The summed E-state index contributed by atoms with van der Waals surface area (Å²) >= 11 is 0. The van der Waals surface area contributed by atoms with Gasteiger partial charge < -0.3 is 4.74 Å². The summed E-state index contributed by atoms with van der Waals surface area (Å²) in [4.78, 5) is 22.3. The number of rotatable bonds is 5. The van der Waals surface area contributed by atoms with Gasteiger partial charge in [-0.3, -0.25) is 14.9 Å². The van der Waals surface area contributed by atoms with Crippen LogP contribution < -0.4 is 4.74 Å². The predicted molar refractivity (Wildman–Crippen MR) is 79.4 cm³/mol. The second kappa shape index (κ2) is 6.62. The number of hydrogen-bond acceptors (Lipinski definition) is 4. The van der Waals surface area contributed by atoms with Crippen LogP contribution in [0.25, 0.3) is 6.08 Å². The second-order valence-electron chi connectivity index (χ2n) is 4.36. The number of carbonyl (C=O) groups excluding carboxylic acids is 1. The van der Waals surface area contributed by atoms with E-state index in [4.69, 9.17) is 4.74 Å². The molecule has 0 fully saturated rings. The van der Waals surface area contributed by atoms with Crippen LogP contribution >= 0.6 is 0 Å². The van der Waals surface area contributed by atoms with E-state index in [9.17, 15) is 19.3 Å². The molecule has 22 heavy (non-hydrogen) atoms. The van der Waals surface area contributed by atoms with Crippen molar-refractivity contribution in [2.75, 3.05) is 7.11 Å². The van der Waals surface area contributed by atoms with Crippen LogP contribution in [0.3, 0.4) is 0 Å². The Kier molecular flexibility index (Phi) is 4.63. The number of carbonyl (C=O) groups is 1. The summed E-state index contributed by atoms with van der Waals surface area (Å²) in [6.45, 7) is 0. The Bertz CT molecular complexity index is 756. The number of nitro benzene ring substituents is 1. The first-order chi connectivity index (χ1) is 10.5. The summed E-state index contributed by atoms with van der Waals surface area (Å²) < 4.78 is 18.3. The Labute approximate surface area is 125 Å². The van der Waals surface area contributed by atoms with Crippen LogP contribution in [0.5, 0.6) is 5.75 Å². The van der Waals surface area contributed by atoms with Gasteiger partial charge in [0.15, 0.2) is 17.3 Å². The Hall–Kier alpha value is -3.02. The van der Waals surface area contributed by atoms with Crippen molar-refractivity contribution in [2.45, 2.75) is 0 Å². The molecule has 112 valence electrons. The monoisotopic (exact) mass is 301 g/mol. The average molecular weight is 301 g/mol. The number of para-hydroxylation sites is 1. The molecule has 0 aliphatic heterocycles. The molecule has 0 saturated carbocycles. The first-order valence-corrected chi connectivity index (χ1v) is 6.32. The van der Waals surface area contributed by atoms with Crippen LogP contribution in [-0.4, -0.2) is 17.8 Å². The quantitative estimate of drug-likeness (QED) is 0.366. The van der Waals surface area contributed by atoms with Gasteiger partial charge in [0.25, 0.3) is 5.69 Å². The van der Waals surface area contributed by atoms with Gasteiger partial charge in [0.1, 0.15) is 0 Å². The molecule has 2 rings (SSSR count). The lowest BCUT2D eigenvalue weighted by Gasteiger charge is -2.02. The first kappa shape index (κ1) is 15.4. The molecule has 0 N–H and O–H groups in total. The van der Waals surface area contributed by atoms with Gasteiger partial charge in [-0.2, -0.15) is 0 Å². The van der Waals surface area contributed by atoms with Crippen LogP contribution in [0.15, 0.2) is 48.5 Å². The molecule has 2 aromatic carbocycles. The van der Waals surface area contributed by atoms with E-state index in [1.807, 2.05) is 0 Å². The third kappa shape index (κ3) is 3.35. The molecule has 0 heterocycles. The van der Waals surface area contributed by atoms with Crippen LogP contribution in [-0.2, 0) is 0 Å². The van der Waals surface area contributed by atoms with Crippen molar-refractivity contribution in [1.82, 2.24) is 0 Å². The maximum absolute atomic E-state index is 13.6. The Morgan fingerprint density at radius 2 is 2.00 bits per heavy atom. The lowest BCUT2D eigenvalue weighted by atomic mass is 10.1. The van der Waals surface area contributed by atoms with Crippen molar-refractivity contribution in [3.8, 4) is 5.75 Å². The van der Waals surface area contributed by atoms with E-state index in [2.05, 4.69) is 0 Å². The zero-order valence-corrected chi connectivity index (χ0v) is 11.7. The first-order valence-electron chi connectivity index (χ1n) is 6.32. The van der Waals surface area contributed by atoms with Gasteiger partial charge in [0.05, 0.1) is 17.6 Å². The van der Waals surface area contributed by atoms with Gasteiger partial charge in [-0.05, 0) is 36.4 Å². The number of hydrogen-bond donors (Lipinski definition) is 0. The van der Waals surface area contributed by atoms with Crippen LogP contribution in [0, 0.1) is 15.9 Å². The van der Waals surface area contributed by atoms with E-state index < -0.39 is 16.5 Å². The normalized spacial score (nSPS) is 10.6. The van der Waals surface area contributed by atoms with Crippen molar-refractivity contribution >= 4 is 17.5 Å². The number of ether oxygens (including phenoxy) is 1. The topological polar surface area (TPSA) is 69.4 Å². The summed E-state index contributed by atoms with van der Waals surface area (Å²) in [5, 5.41) is 10.9. The van der Waals surface area contributed by atoms with Crippen molar-refractivity contribution in [1.29, 1.82) is 0 Å². The lowest BCUT2D eigenvalue weighted by Crippen LogP contribution is -1.97. The van der Waals surface area contributed by atoms with Crippen molar-refractivity contribution in [2.24, 2.45) is 0 Å². The number of ketones is 1. The number of halogens is 1. The highest BCUT2D eigenvalue weighted by molar-refractivity contribution is 6.07.